The molecule has 3 heterocycles. The number of nitrogens with zero attached hydrogens (tertiary/aromatic N) is 3. The second-order valence-corrected chi connectivity index (χ2v) is 7.98. The maximum atomic E-state index is 5.64. The number of fused-ring (bicyclic) bond motifs is 1. The van der Waals surface area contributed by atoms with Crippen molar-refractivity contribution in [3.8, 4) is 11.4 Å². The third-order valence-electron chi connectivity index (χ3n) is 5.98. The predicted molar refractivity (Wildman–Crippen MR) is 114 cm³/mol. The second kappa shape index (κ2) is 8.29. The first kappa shape index (κ1) is 18.3. The van der Waals surface area contributed by atoms with E-state index in [1.54, 1.807) is 12.4 Å². The molecule has 5 nitrogen and oxygen atoms in total. The zero-order valence-electron chi connectivity index (χ0n) is 16.6. The van der Waals surface area contributed by atoms with Gasteiger partial charge in [-0.25, -0.2) is 9.97 Å². The highest BCUT2D eigenvalue weighted by molar-refractivity contribution is 5.60. The Kier molecular flexibility index (Phi) is 5.22. The van der Waals surface area contributed by atoms with Crippen molar-refractivity contribution in [3.05, 3.63) is 71.7 Å². The summed E-state index contributed by atoms with van der Waals surface area (Å²) in [7, 11) is 0. The summed E-state index contributed by atoms with van der Waals surface area (Å²) in [6.45, 7) is 1.73. The summed E-state index contributed by atoms with van der Waals surface area (Å²) in [6.07, 6.45) is 8.99. The minimum absolute atomic E-state index is 0.216. The molecule has 1 aromatic carbocycles. The van der Waals surface area contributed by atoms with Crippen LogP contribution in [-0.2, 0) is 17.6 Å². The summed E-state index contributed by atoms with van der Waals surface area (Å²) in [5.74, 6) is 2.36. The Labute approximate surface area is 171 Å². The van der Waals surface area contributed by atoms with Gasteiger partial charge in [-0.1, -0.05) is 30.3 Å². The minimum Gasteiger partial charge on any atom is -0.381 e. The van der Waals surface area contributed by atoms with Crippen LogP contribution in [-0.4, -0.2) is 28.2 Å². The predicted octanol–water partition coefficient (Wildman–Crippen LogP) is 4.61. The van der Waals surface area contributed by atoms with Gasteiger partial charge in [0.05, 0.1) is 6.04 Å². The van der Waals surface area contributed by atoms with Crippen LogP contribution < -0.4 is 5.32 Å². The summed E-state index contributed by atoms with van der Waals surface area (Å²) in [4.78, 5) is 14.0. The molecule has 1 fully saturated rings. The van der Waals surface area contributed by atoms with Crippen LogP contribution in [0.4, 0.5) is 5.82 Å². The summed E-state index contributed by atoms with van der Waals surface area (Å²) in [5.41, 5.74) is 4.78. The molecule has 2 aliphatic rings. The largest absolute Gasteiger partial charge is 0.381 e. The summed E-state index contributed by atoms with van der Waals surface area (Å²) < 4.78 is 5.64. The molecule has 148 valence electrons. The monoisotopic (exact) mass is 386 g/mol. The number of anilines is 1. The topological polar surface area (TPSA) is 59.9 Å². The van der Waals surface area contributed by atoms with E-state index < -0.39 is 0 Å². The van der Waals surface area contributed by atoms with Crippen LogP contribution in [0.5, 0.6) is 0 Å². The van der Waals surface area contributed by atoms with Crippen LogP contribution in [0, 0.1) is 5.92 Å². The molecule has 0 amide bonds. The maximum Gasteiger partial charge on any atom is 0.161 e. The van der Waals surface area contributed by atoms with Crippen LogP contribution in [0.3, 0.4) is 0 Å². The van der Waals surface area contributed by atoms with Crippen molar-refractivity contribution in [2.24, 2.45) is 5.92 Å². The molecular weight excluding hydrogens is 360 g/mol. The van der Waals surface area contributed by atoms with Crippen molar-refractivity contribution < 1.29 is 4.74 Å². The Morgan fingerprint density at radius 3 is 2.69 bits per heavy atom. The van der Waals surface area contributed by atoms with E-state index in [1.165, 1.54) is 16.8 Å². The summed E-state index contributed by atoms with van der Waals surface area (Å²) in [6, 6.07) is 14.9. The third kappa shape index (κ3) is 4.01. The smallest absolute Gasteiger partial charge is 0.161 e. The molecule has 2 atom stereocenters. The molecule has 29 heavy (non-hydrogen) atoms. The summed E-state index contributed by atoms with van der Waals surface area (Å²) in [5, 5.41) is 3.81. The molecule has 1 aliphatic heterocycles. The van der Waals surface area contributed by atoms with E-state index in [4.69, 9.17) is 14.7 Å². The van der Waals surface area contributed by atoms with E-state index in [-0.39, 0.29) is 6.04 Å². The second-order valence-electron chi connectivity index (χ2n) is 7.98. The lowest BCUT2D eigenvalue weighted by molar-refractivity contribution is 0.183. The van der Waals surface area contributed by atoms with Crippen molar-refractivity contribution in [1.82, 2.24) is 15.0 Å². The van der Waals surface area contributed by atoms with Crippen molar-refractivity contribution in [1.29, 1.82) is 0 Å². The Balaban J connectivity index is 1.50. The number of ether oxygens (including phenoxy) is 1. The van der Waals surface area contributed by atoms with E-state index in [1.807, 2.05) is 12.1 Å². The maximum absolute atomic E-state index is 5.64. The van der Waals surface area contributed by atoms with Crippen molar-refractivity contribution in [2.45, 2.75) is 38.1 Å². The average Bonchev–Trinajstić information content (AvgIpc) is 3.46. The number of hydrogen-bond donors (Lipinski definition) is 1. The molecule has 5 rings (SSSR count). The number of aromatic nitrogens is 3. The highest BCUT2D eigenvalue weighted by Crippen LogP contribution is 2.34. The SMILES string of the molecule is c1ccc(C(CC2CCOC2)Nc2nc(-c3ccncc3)nc3c2CCC3)cc1. The lowest BCUT2D eigenvalue weighted by Crippen LogP contribution is -2.18. The Morgan fingerprint density at radius 1 is 1.03 bits per heavy atom. The fourth-order valence-electron chi connectivity index (χ4n) is 4.41. The van der Waals surface area contributed by atoms with Crippen LogP contribution in [0.15, 0.2) is 54.9 Å². The van der Waals surface area contributed by atoms with Gasteiger partial charge in [-0.15, -0.1) is 0 Å². The van der Waals surface area contributed by atoms with Crippen LogP contribution in [0.1, 0.15) is 42.1 Å². The number of pyridine rings is 1. The van der Waals surface area contributed by atoms with Crippen LogP contribution >= 0.6 is 0 Å². The lowest BCUT2D eigenvalue weighted by atomic mass is 9.94. The quantitative estimate of drug-likeness (QED) is 0.670. The van der Waals surface area contributed by atoms with Gasteiger partial charge in [-0.3, -0.25) is 4.98 Å². The van der Waals surface area contributed by atoms with E-state index in [9.17, 15) is 0 Å². The standard InChI is InChI=1S/C24H26N4O/c1-2-5-18(6-3-1)22(15-17-11-14-29-16-17)27-24-20-7-4-8-21(20)26-23(28-24)19-9-12-25-13-10-19/h1-3,5-6,9-10,12-13,17,22H,4,7-8,11,14-16H2,(H,26,27,28). The van der Waals surface area contributed by atoms with Gasteiger partial charge in [0.1, 0.15) is 5.82 Å². The van der Waals surface area contributed by atoms with Crippen LogP contribution in [0.25, 0.3) is 11.4 Å². The fourth-order valence-corrected chi connectivity index (χ4v) is 4.41. The van der Waals surface area contributed by atoms with Crippen molar-refractivity contribution >= 4 is 5.82 Å². The Morgan fingerprint density at radius 2 is 1.90 bits per heavy atom. The van der Waals surface area contributed by atoms with Crippen molar-refractivity contribution in [2.75, 3.05) is 18.5 Å². The van der Waals surface area contributed by atoms with Gasteiger partial charge in [0.2, 0.25) is 0 Å². The van der Waals surface area contributed by atoms with Crippen molar-refractivity contribution in [3.63, 3.8) is 0 Å². The highest BCUT2D eigenvalue weighted by atomic mass is 16.5. The van der Waals surface area contributed by atoms with Gasteiger partial charge in [0.25, 0.3) is 0 Å². The molecular formula is C24H26N4O. The molecule has 0 bridgehead atoms. The molecule has 2 aromatic heterocycles. The van der Waals surface area contributed by atoms with E-state index in [0.29, 0.717) is 5.92 Å². The van der Waals surface area contributed by atoms with Gasteiger partial charge in [-0.05, 0) is 55.7 Å². The zero-order chi connectivity index (χ0) is 19.5. The molecule has 5 heteroatoms. The molecule has 0 radical (unpaired) electrons. The van der Waals surface area contributed by atoms with Gasteiger partial charge in [0.15, 0.2) is 5.82 Å². The number of nitrogens with one attached hydrogen (secondary N) is 1. The number of hydrogen-bond acceptors (Lipinski definition) is 5. The van der Waals surface area contributed by atoms with E-state index >= 15 is 0 Å². The van der Waals surface area contributed by atoms with Gasteiger partial charge >= 0.3 is 0 Å². The fraction of sp³-hybridized carbons (Fsp3) is 0.375. The molecule has 1 saturated heterocycles. The Bertz CT molecular complexity index is 955. The Hall–Kier alpha value is -2.79. The lowest BCUT2D eigenvalue weighted by Gasteiger charge is -2.24. The van der Waals surface area contributed by atoms with Gasteiger partial charge in [-0.2, -0.15) is 0 Å². The van der Waals surface area contributed by atoms with Gasteiger partial charge < -0.3 is 10.1 Å². The number of aryl methyl sites for hydroxylation is 1. The average molecular weight is 386 g/mol. The first-order valence-corrected chi connectivity index (χ1v) is 10.6. The highest BCUT2D eigenvalue weighted by Gasteiger charge is 2.25. The molecule has 3 aromatic rings. The molecule has 2 unspecified atom stereocenters. The van der Waals surface area contributed by atoms with Gasteiger partial charge in [0, 0.05) is 42.4 Å². The number of rotatable bonds is 6. The van der Waals surface area contributed by atoms with E-state index in [2.05, 4.69) is 40.6 Å². The zero-order valence-corrected chi connectivity index (χ0v) is 16.6. The summed E-state index contributed by atoms with van der Waals surface area (Å²) >= 11 is 0. The normalized spacial score (nSPS) is 19.1. The van der Waals surface area contributed by atoms with E-state index in [0.717, 1.165) is 62.5 Å². The minimum atomic E-state index is 0.216. The molecule has 1 N–H and O–H groups in total. The molecule has 1 aliphatic carbocycles. The van der Waals surface area contributed by atoms with Crippen LogP contribution in [0.2, 0.25) is 0 Å². The molecule has 0 saturated carbocycles. The third-order valence-corrected chi connectivity index (χ3v) is 5.98. The number of benzene rings is 1. The molecule has 0 spiro atoms. The first-order valence-electron chi connectivity index (χ1n) is 10.6. The first-order chi connectivity index (χ1) is 14.4.